The monoisotopic (exact) mass is 241 g/mol. The van der Waals surface area contributed by atoms with Gasteiger partial charge in [-0.25, -0.2) is 9.59 Å². The number of esters is 1. The summed E-state index contributed by atoms with van der Waals surface area (Å²) in [5, 5.41) is 0. The van der Waals surface area contributed by atoms with Crippen molar-refractivity contribution in [2.75, 3.05) is 26.3 Å². The Labute approximate surface area is 101 Å². The molecule has 0 bridgehead atoms. The number of ether oxygens (including phenoxy) is 2. The molecule has 96 valence electrons. The van der Waals surface area contributed by atoms with E-state index in [9.17, 15) is 9.59 Å². The predicted molar refractivity (Wildman–Crippen MR) is 62.5 cm³/mol. The van der Waals surface area contributed by atoms with E-state index < -0.39 is 0 Å². The molecule has 17 heavy (non-hydrogen) atoms. The molecule has 5 heteroatoms. The molecule has 0 N–H and O–H groups in total. The lowest BCUT2D eigenvalue weighted by molar-refractivity contribution is -0.137. The first-order valence-electron chi connectivity index (χ1n) is 5.95. The fourth-order valence-corrected chi connectivity index (χ4v) is 1.69. The first-order chi connectivity index (χ1) is 8.17. The fourth-order valence-electron chi connectivity index (χ4n) is 1.69. The first-order valence-corrected chi connectivity index (χ1v) is 5.95. The normalized spacial score (nSPS) is 15.4. The molecule has 1 aliphatic rings. The Kier molecular flexibility index (Phi) is 5.52. The number of hydrogen-bond acceptors (Lipinski definition) is 4. The van der Waals surface area contributed by atoms with E-state index in [1.807, 2.05) is 0 Å². The van der Waals surface area contributed by atoms with Crippen molar-refractivity contribution in [2.24, 2.45) is 0 Å². The van der Waals surface area contributed by atoms with Gasteiger partial charge in [0, 0.05) is 19.2 Å². The minimum Gasteiger partial charge on any atom is -0.463 e. The maximum absolute atomic E-state index is 11.4. The number of carbonyl (C=O) groups excluding carboxylic acids is 2. The van der Waals surface area contributed by atoms with Crippen molar-refractivity contribution in [1.82, 2.24) is 4.90 Å². The maximum Gasteiger partial charge on any atom is 0.409 e. The number of piperidine rings is 1. The summed E-state index contributed by atoms with van der Waals surface area (Å²) < 4.78 is 9.75. The van der Waals surface area contributed by atoms with Crippen LogP contribution in [0.2, 0.25) is 0 Å². The molecule has 0 saturated carbocycles. The highest BCUT2D eigenvalue weighted by molar-refractivity contribution is 5.82. The van der Waals surface area contributed by atoms with Crippen molar-refractivity contribution in [2.45, 2.75) is 26.7 Å². The molecule has 0 aromatic heterocycles. The summed E-state index contributed by atoms with van der Waals surface area (Å²) in [4.78, 5) is 24.3. The average Bonchev–Trinajstić information content (AvgIpc) is 2.30. The molecule has 0 aliphatic carbocycles. The molecule has 1 rings (SSSR count). The molecule has 1 fully saturated rings. The lowest BCUT2D eigenvalue weighted by atomic mass is 10.0. The van der Waals surface area contributed by atoms with Crippen molar-refractivity contribution in [1.29, 1.82) is 0 Å². The van der Waals surface area contributed by atoms with Crippen LogP contribution in [0.5, 0.6) is 0 Å². The van der Waals surface area contributed by atoms with Gasteiger partial charge in [0.25, 0.3) is 0 Å². The van der Waals surface area contributed by atoms with Crippen LogP contribution in [-0.4, -0.2) is 43.3 Å². The molecular weight excluding hydrogens is 222 g/mol. The highest BCUT2D eigenvalue weighted by atomic mass is 16.6. The van der Waals surface area contributed by atoms with Crippen LogP contribution in [0.4, 0.5) is 4.79 Å². The van der Waals surface area contributed by atoms with Gasteiger partial charge in [-0.15, -0.1) is 0 Å². The minimum absolute atomic E-state index is 0.275. The first kappa shape index (κ1) is 13.5. The summed E-state index contributed by atoms with van der Waals surface area (Å²) in [5.41, 5.74) is 1.03. The molecule has 0 atom stereocenters. The van der Waals surface area contributed by atoms with Crippen LogP contribution in [0.15, 0.2) is 11.6 Å². The maximum atomic E-state index is 11.4. The third-order valence-electron chi connectivity index (χ3n) is 2.54. The summed E-state index contributed by atoms with van der Waals surface area (Å²) in [6.45, 7) is 5.54. The SMILES string of the molecule is CCOC(=O)C=C1CCN(C(=O)OCC)CC1. The highest BCUT2D eigenvalue weighted by Gasteiger charge is 2.20. The molecule has 0 aromatic carbocycles. The van der Waals surface area contributed by atoms with Gasteiger partial charge in [0.2, 0.25) is 0 Å². The number of nitrogens with zero attached hydrogens (tertiary/aromatic N) is 1. The fraction of sp³-hybridized carbons (Fsp3) is 0.667. The van der Waals surface area contributed by atoms with E-state index in [4.69, 9.17) is 9.47 Å². The highest BCUT2D eigenvalue weighted by Crippen LogP contribution is 2.16. The van der Waals surface area contributed by atoms with Gasteiger partial charge in [-0.2, -0.15) is 0 Å². The van der Waals surface area contributed by atoms with E-state index in [2.05, 4.69) is 0 Å². The molecule has 1 heterocycles. The molecular formula is C12H19NO4. The zero-order valence-corrected chi connectivity index (χ0v) is 10.4. The van der Waals surface area contributed by atoms with Crippen LogP contribution in [0, 0.1) is 0 Å². The molecule has 0 aromatic rings. The van der Waals surface area contributed by atoms with Crippen molar-refractivity contribution in [3.63, 3.8) is 0 Å². The second kappa shape index (κ2) is 6.93. The van der Waals surface area contributed by atoms with E-state index in [0.717, 1.165) is 5.57 Å². The van der Waals surface area contributed by atoms with Crippen molar-refractivity contribution >= 4 is 12.1 Å². The van der Waals surface area contributed by atoms with Crippen LogP contribution in [-0.2, 0) is 14.3 Å². The summed E-state index contributed by atoms with van der Waals surface area (Å²) in [7, 11) is 0. The summed E-state index contributed by atoms with van der Waals surface area (Å²) in [6, 6.07) is 0. The number of likely N-dealkylation sites (tertiary alicyclic amines) is 1. The quantitative estimate of drug-likeness (QED) is 0.557. The summed E-state index contributed by atoms with van der Waals surface area (Å²) in [5.74, 6) is -0.299. The largest absolute Gasteiger partial charge is 0.463 e. The Morgan fingerprint density at radius 1 is 1.18 bits per heavy atom. The third-order valence-corrected chi connectivity index (χ3v) is 2.54. The molecule has 1 aliphatic heterocycles. The predicted octanol–water partition coefficient (Wildman–Crippen LogP) is 1.73. The molecule has 1 saturated heterocycles. The van der Waals surface area contributed by atoms with Gasteiger partial charge < -0.3 is 14.4 Å². The summed E-state index contributed by atoms with van der Waals surface area (Å²) in [6.07, 6.45) is 2.67. The lowest BCUT2D eigenvalue weighted by Crippen LogP contribution is -2.36. The van der Waals surface area contributed by atoms with Crippen LogP contribution in [0.3, 0.4) is 0 Å². The van der Waals surface area contributed by atoms with Crippen LogP contribution in [0.1, 0.15) is 26.7 Å². The van der Waals surface area contributed by atoms with Crippen molar-refractivity contribution in [3.05, 3.63) is 11.6 Å². The zero-order valence-electron chi connectivity index (χ0n) is 10.4. The second-order valence-corrected chi connectivity index (χ2v) is 3.74. The van der Waals surface area contributed by atoms with Crippen LogP contribution in [0.25, 0.3) is 0 Å². The number of amides is 1. The molecule has 0 unspecified atom stereocenters. The third kappa shape index (κ3) is 4.46. The van der Waals surface area contributed by atoms with E-state index in [-0.39, 0.29) is 12.1 Å². The van der Waals surface area contributed by atoms with Crippen molar-refractivity contribution < 1.29 is 19.1 Å². The Morgan fingerprint density at radius 3 is 2.29 bits per heavy atom. The van der Waals surface area contributed by atoms with E-state index in [0.29, 0.717) is 39.1 Å². The van der Waals surface area contributed by atoms with Gasteiger partial charge in [0.05, 0.1) is 13.2 Å². The van der Waals surface area contributed by atoms with Gasteiger partial charge in [0.1, 0.15) is 0 Å². The van der Waals surface area contributed by atoms with Gasteiger partial charge in [-0.1, -0.05) is 5.57 Å². The smallest absolute Gasteiger partial charge is 0.409 e. The molecule has 0 radical (unpaired) electrons. The van der Waals surface area contributed by atoms with E-state index in [1.54, 1.807) is 18.7 Å². The Balaban J connectivity index is 2.40. The van der Waals surface area contributed by atoms with Gasteiger partial charge in [-0.05, 0) is 26.7 Å². The second-order valence-electron chi connectivity index (χ2n) is 3.74. The van der Waals surface area contributed by atoms with E-state index >= 15 is 0 Å². The number of hydrogen-bond donors (Lipinski definition) is 0. The number of carbonyl (C=O) groups is 2. The average molecular weight is 241 g/mol. The summed E-state index contributed by atoms with van der Waals surface area (Å²) >= 11 is 0. The Morgan fingerprint density at radius 2 is 1.76 bits per heavy atom. The number of rotatable bonds is 3. The molecule has 1 amide bonds. The lowest BCUT2D eigenvalue weighted by Gasteiger charge is -2.27. The molecule has 0 spiro atoms. The van der Waals surface area contributed by atoms with Crippen LogP contribution >= 0.6 is 0 Å². The molecule has 5 nitrogen and oxygen atoms in total. The van der Waals surface area contributed by atoms with E-state index in [1.165, 1.54) is 6.08 Å². The Bertz CT molecular complexity index is 302. The minimum atomic E-state index is -0.299. The topological polar surface area (TPSA) is 55.8 Å². The van der Waals surface area contributed by atoms with Gasteiger partial charge >= 0.3 is 12.1 Å². The van der Waals surface area contributed by atoms with Crippen molar-refractivity contribution in [3.8, 4) is 0 Å². The zero-order chi connectivity index (χ0) is 12.7. The van der Waals surface area contributed by atoms with Gasteiger partial charge in [-0.3, -0.25) is 0 Å². The van der Waals surface area contributed by atoms with Crippen LogP contribution < -0.4 is 0 Å². The Hall–Kier alpha value is -1.52. The van der Waals surface area contributed by atoms with Gasteiger partial charge in [0.15, 0.2) is 0 Å². The standard InChI is InChI=1S/C12H19NO4/c1-3-16-11(14)9-10-5-7-13(8-6-10)12(15)17-4-2/h9H,3-8H2,1-2H3.